The summed E-state index contributed by atoms with van der Waals surface area (Å²) in [6.07, 6.45) is 2.54. The summed E-state index contributed by atoms with van der Waals surface area (Å²) in [5, 5.41) is 6.34. The number of hydrogen-bond acceptors (Lipinski definition) is 4. The van der Waals surface area contributed by atoms with Crippen LogP contribution in [0.4, 0.5) is 0 Å². The zero-order valence-corrected chi connectivity index (χ0v) is 16.8. The third-order valence-corrected chi connectivity index (χ3v) is 4.98. The number of amides is 1. The number of rotatable bonds is 7. The molecule has 2 N–H and O–H groups in total. The number of carbonyl (C=O) groups excluding carboxylic acids is 1. The lowest BCUT2D eigenvalue weighted by atomic mass is 10.0. The number of hydrogen-bond donors (Lipinski definition) is 2. The first-order valence-corrected chi connectivity index (χ1v) is 9.90. The summed E-state index contributed by atoms with van der Waals surface area (Å²) in [5.41, 5.74) is 4.10. The van der Waals surface area contributed by atoms with Crippen LogP contribution in [0.2, 0.25) is 0 Å². The molecule has 0 radical (unpaired) electrons. The monoisotopic (exact) mass is 390 g/mol. The quantitative estimate of drug-likeness (QED) is 0.634. The lowest BCUT2D eigenvalue weighted by Gasteiger charge is -2.16. The van der Waals surface area contributed by atoms with Crippen LogP contribution in [0, 0.1) is 0 Å². The average molecular weight is 390 g/mol. The second-order valence-corrected chi connectivity index (χ2v) is 8.05. The van der Waals surface area contributed by atoms with Crippen LogP contribution < -0.4 is 15.4 Å². The maximum Gasteiger partial charge on any atom is 0.251 e. The second kappa shape index (κ2) is 8.13. The van der Waals surface area contributed by atoms with E-state index >= 15 is 0 Å². The van der Waals surface area contributed by atoms with Gasteiger partial charge in [-0.2, -0.15) is 0 Å². The first-order chi connectivity index (χ1) is 14.0. The summed E-state index contributed by atoms with van der Waals surface area (Å²) in [5.74, 6) is 1.62. The van der Waals surface area contributed by atoms with Crippen LogP contribution in [0.15, 0.2) is 65.3 Å². The van der Waals surface area contributed by atoms with E-state index in [1.165, 1.54) is 11.1 Å². The molecule has 1 aliphatic rings. The summed E-state index contributed by atoms with van der Waals surface area (Å²) in [6.45, 7) is 6.07. The number of furan rings is 1. The minimum atomic E-state index is -0.119. The van der Waals surface area contributed by atoms with Crippen molar-refractivity contribution in [3.05, 3.63) is 88.9 Å². The third kappa shape index (κ3) is 4.87. The SMILES string of the molecule is CC1(C)Cc2cc(CNCc3cccc(C(=O)NCc4ccco4)c3)ccc2O1. The van der Waals surface area contributed by atoms with Gasteiger partial charge >= 0.3 is 0 Å². The highest BCUT2D eigenvalue weighted by atomic mass is 16.5. The number of nitrogens with one attached hydrogen (secondary N) is 2. The van der Waals surface area contributed by atoms with Gasteiger partial charge in [0.1, 0.15) is 17.1 Å². The minimum absolute atomic E-state index is 0.107. The van der Waals surface area contributed by atoms with E-state index in [0.717, 1.165) is 30.0 Å². The van der Waals surface area contributed by atoms with Crippen molar-refractivity contribution in [2.45, 2.75) is 45.5 Å². The zero-order chi connectivity index (χ0) is 20.3. The smallest absolute Gasteiger partial charge is 0.251 e. The molecule has 0 saturated heterocycles. The molecule has 0 atom stereocenters. The van der Waals surface area contributed by atoms with Crippen molar-refractivity contribution < 1.29 is 13.9 Å². The average Bonchev–Trinajstić information content (AvgIpc) is 3.32. The Morgan fingerprint density at radius 3 is 2.62 bits per heavy atom. The molecule has 1 amide bonds. The summed E-state index contributed by atoms with van der Waals surface area (Å²) in [6, 6.07) is 17.7. The minimum Gasteiger partial charge on any atom is -0.487 e. The summed E-state index contributed by atoms with van der Waals surface area (Å²) < 4.78 is 11.2. The van der Waals surface area contributed by atoms with Gasteiger partial charge in [0, 0.05) is 25.1 Å². The molecular formula is C24H26N2O3. The summed E-state index contributed by atoms with van der Waals surface area (Å²) in [4.78, 5) is 12.4. The van der Waals surface area contributed by atoms with E-state index in [9.17, 15) is 4.79 Å². The fourth-order valence-electron chi connectivity index (χ4n) is 3.63. The number of ether oxygens (including phenoxy) is 1. The molecule has 1 aliphatic heterocycles. The standard InChI is InChI=1S/C24H26N2O3/c1-24(2)13-20-12-18(8-9-22(20)29-24)15-25-14-17-5-3-6-19(11-17)23(27)26-16-21-7-4-10-28-21/h3-12,25H,13-16H2,1-2H3,(H,26,27). The maximum absolute atomic E-state index is 12.4. The molecule has 29 heavy (non-hydrogen) atoms. The van der Waals surface area contributed by atoms with E-state index in [-0.39, 0.29) is 11.5 Å². The largest absolute Gasteiger partial charge is 0.487 e. The van der Waals surface area contributed by atoms with E-state index in [0.29, 0.717) is 18.7 Å². The molecule has 150 valence electrons. The molecule has 5 nitrogen and oxygen atoms in total. The van der Waals surface area contributed by atoms with E-state index in [1.54, 1.807) is 6.26 Å². The highest BCUT2D eigenvalue weighted by Gasteiger charge is 2.29. The molecule has 0 unspecified atom stereocenters. The van der Waals surface area contributed by atoms with Crippen LogP contribution in [0.3, 0.4) is 0 Å². The Labute approximate surface area is 171 Å². The Hall–Kier alpha value is -3.05. The highest BCUT2D eigenvalue weighted by molar-refractivity contribution is 5.94. The molecule has 1 aromatic heterocycles. The van der Waals surface area contributed by atoms with Gasteiger partial charge in [-0.1, -0.05) is 24.3 Å². The van der Waals surface area contributed by atoms with Gasteiger partial charge in [0.2, 0.25) is 0 Å². The van der Waals surface area contributed by atoms with Crippen LogP contribution >= 0.6 is 0 Å². The van der Waals surface area contributed by atoms with E-state index < -0.39 is 0 Å². The third-order valence-electron chi connectivity index (χ3n) is 4.98. The van der Waals surface area contributed by atoms with Gasteiger partial charge in [0.15, 0.2) is 0 Å². The molecule has 0 aliphatic carbocycles. The number of benzene rings is 2. The van der Waals surface area contributed by atoms with Crippen molar-refractivity contribution in [3.63, 3.8) is 0 Å². The van der Waals surface area contributed by atoms with E-state index in [4.69, 9.17) is 9.15 Å². The molecule has 2 aromatic carbocycles. The lowest BCUT2D eigenvalue weighted by molar-refractivity contribution is 0.0948. The molecule has 2 heterocycles. The van der Waals surface area contributed by atoms with Gasteiger partial charge in [-0.15, -0.1) is 0 Å². The van der Waals surface area contributed by atoms with Crippen LogP contribution in [-0.2, 0) is 26.1 Å². The Balaban J connectivity index is 1.30. The van der Waals surface area contributed by atoms with Crippen LogP contribution in [0.5, 0.6) is 5.75 Å². The summed E-state index contributed by atoms with van der Waals surface area (Å²) >= 11 is 0. The normalized spacial score (nSPS) is 14.3. The first-order valence-electron chi connectivity index (χ1n) is 9.90. The predicted molar refractivity (Wildman–Crippen MR) is 112 cm³/mol. The second-order valence-electron chi connectivity index (χ2n) is 8.05. The van der Waals surface area contributed by atoms with Gasteiger partial charge in [-0.05, 0) is 60.9 Å². The highest BCUT2D eigenvalue weighted by Crippen LogP contribution is 2.35. The molecule has 0 saturated carbocycles. The first kappa shape index (κ1) is 19.3. The molecule has 5 heteroatoms. The van der Waals surface area contributed by atoms with Crippen molar-refractivity contribution >= 4 is 5.91 Å². The van der Waals surface area contributed by atoms with Gasteiger partial charge < -0.3 is 19.8 Å². The molecule has 0 fully saturated rings. The topological polar surface area (TPSA) is 63.5 Å². The van der Waals surface area contributed by atoms with E-state index in [2.05, 4.69) is 42.7 Å². The Morgan fingerprint density at radius 1 is 1.00 bits per heavy atom. The predicted octanol–water partition coefficient (Wildman–Crippen LogP) is 4.21. The molecule has 0 bridgehead atoms. The van der Waals surface area contributed by atoms with Crippen molar-refractivity contribution in [3.8, 4) is 5.75 Å². The number of fused-ring (bicyclic) bond motifs is 1. The molecule has 0 spiro atoms. The number of carbonyl (C=O) groups is 1. The Bertz CT molecular complexity index is 993. The van der Waals surface area contributed by atoms with Crippen molar-refractivity contribution in [1.82, 2.24) is 10.6 Å². The Kier molecular flexibility index (Phi) is 5.41. The van der Waals surface area contributed by atoms with Crippen LogP contribution in [-0.4, -0.2) is 11.5 Å². The maximum atomic E-state index is 12.4. The molecule has 4 rings (SSSR count). The summed E-state index contributed by atoms with van der Waals surface area (Å²) in [7, 11) is 0. The van der Waals surface area contributed by atoms with Gasteiger partial charge in [-0.25, -0.2) is 0 Å². The van der Waals surface area contributed by atoms with Crippen molar-refractivity contribution in [1.29, 1.82) is 0 Å². The van der Waals surface area contributed by atoms with Crippen LogP contribution in [0.1, 0.15) is 46.7 Å². The Morgan fingerprint density at radius 2 is 1.83 bits per heavy atom. The molecule has 3 aromatic rings. The van der Waals surface area contributed by atoms with Crippen molar-refractivity contribution in [2.75, 3.05) is 0 Å². The van der Waals surface area contributed by atoms with Gasteiger partial charge in [0.05, 0.1) is 12.8 Å². The van der Waals surface area contributed by atoms with E-state index in [1.807, 2.05) is 36.4 Å². The van der Waals surface area contributed by atoms with Gasteiger partial charge in [0.25, 0.3) is 5.91 Å². The fourth-order valence-corrected chi connectivity index (χ4v) is 3.63. The molecular weight excluding hydrogens is 364 g/mol. The zero-order valence-electron chi connectivity index (χ0n) is 16.8. The fraction of sp³-hybridized carbons (Fsp3) is 0.292. The lowest BCUT2D eigenvalue weighted by Crippen LogP contribution is -2.24. The van der Waals surface area contributed by atoms with Crippen LogP contribution in [0.25, 0.3) is 0 Å². The van der Waals surface area contributed by atoms with Crippen molar-refractivity contribution in [2.24, 2.45) is 0 Å². The van der Waals surface area contributed by atoms with Gasteiger partial charge in [-0.3, -0.25) is 4.79 Å².